The Hall–Kier alpha value is -0.0800. The van der Waals surface area contributed by atoms with Gasteiger partial charge in [0.15, 0.2) is 0 Å². The smallest absolute Gasteiger partial charge is 0.0462 e. The summed E-state index contributed by atoms with van der Waals surface area (Å²) < 4.78 is 0. The fourth-order valence-corrected chi connectivity index (χ4v) is 3.19. The van der Waals surface area contributed by atoms with Gasteiger partial charge in [-0.1, -0.05) is 27.2 Å². The first kappa shape index (κ1) is 12.4. The number of rotatable bonds is 3. The molecule has 94 valence electrons. The van der Waals surface area contributed by atoms with Crippen LogP contribution < -0.4 is 0 Å². The second-order valence-corrected chi connectivity index (χ2v) is 6.92. The maximum atomic E-state index is 9.30. The van der Waals surface area contributed by atoms with Crippen molar-refractivity contribution in [2.24, 2.45) is 23.2 Å². The number of likely N-dealkylation sites (tertiary alicyclic amines) is 1. The summed E-state index contributed by atoms with van der Waals surface area (Å²) in [6.07, 6.45) is 3.91. The number of hydrogen-bond acceptors (Lipinski definition) is 2. The lowest BCUT2D eigenvalue weighted by Gasteiger charge is -2.47. The normalized spacial score (nSPS) is 33.0. The average molecular weight is 225 g/mol. The summed E-state index contributed by atoms with van der Waals surface area (Å²) in [4.78, 5) is 2.59. The summed E-state index contributed by atoms with van der Waals surface area (Å²) in [5, 5.41) is 9.30. The Balaban J connectivity index is 1.73. The van der Waals surface area contributed by atoms with Crippen LogP contribution in [0, 0.1) is 23.2 Å². The van der Waals surface area contributed by atoms with Crippen LogP contribution in [0.2, 0.25) is 0 Å². The Morgan fingerprint density at radius 3 is 2.31 bits per heavy atom. The standard InChI is InChI=1S/C14H27NO/c1-14(2,3)13-8-15(9-13)7-11-5-4-6-12(11)10-16/h11-13,16H,4-10H2,1-3H3. The topological polar surface area (TPSA) is 23.5 Å². The Bertz CT molecular complexity index is 227. The van der Waals surface area contributed by atoms with Crippen molar-refractivity contribution < 1.29 is 5.11 Å². The molecule has 1 aliphatic carbocycles. The molecule has 1 N–H and O–H groups in total. The molecule has 2 rings (SSSR count). The van der Waals surface area contributed by atoms with Gasteiger partial charge in [-0.3, -0.25) is 0 Å². The highest BCUT2D eigenvalue weighted by molar-refractivity contribution is 4.90. The number of aliphatic hydroxyl groups excluding tert-OH is 1. The molecular formula is C14H27NO. The molecule has 2 nitrogen and oxygen atoms in total. The van der Waals surface area contributed by atoms with E-state index in [0.717, 1.165) is 11.8 Å². The van der Waals surface area contributed by atoms with Crippen LogP contribution in [0.15, 0.2) is 0 Å². The minimum atomic E-state index is 0.404. The third kappa shape index (κ3) is 2.60. The second-order valence-electron chi connectivity index (χ2n) is 6.92. The van der Waals surface area contributed by atoms with Crippen LogP contribution >= 0.6 is 0 Å². The van der Waals surface area contributed by atoms with Gasteiger partial charge < -0.3 is 10.0 Å². The van der Waals surface area contributed by atoms with Gasteiger partial charge >= 0.3 is 0 Å². The molecule has 1 saturated heterocycles. The van der Waals surface area contributed by atoms with Crippen molar-refractivity contribution in [3.63, 3.8) is 0 Å². The van der Waals surface area contributed by atoms with Gasteiger partial charge in [-0.05, 0) is 36.0 Å². The summed E-state index contributed by atoms with van der Waals surface area (Å²) in [7, 11) is 0. The fourth-order valence-electron chi connectivity index (χ4n) is 3.19. The van der Waals surface area contributed by atoms with Crippen molar-refractivity contribution in [2.75, 3.05) is 26.2 Å². The molecule has 1 heterocycles. The second kappa shape index (κ2) is 4.66. The monoisotopic (exact) mass is 225 g/mol. The first-order valence-corrected chi connectivity index (χ1v) is 6.84. The Kier molecular flexibility index (Phi) is 3.60. The molecule has 1 aliphatic heterocycles. The molecule has 2 unspecified atom stereocenters. The van der Waals surface area contributed by atoms with Gasteiger partial charge in [-0.2, -0.15) is 0 Å². The van der Waals surface area contributed by atoms with Crippen molar-refractivity contribution in [3.8, 4) is 0 Å². The van der Waals surface area contributed by atoms with E-state index in [2.05, 4.69) is 25.7 Å². The van der Waals surface area contributed by atoms with Gasteiger partial charge in [0.25, 0.3) is 0 Å². The minimum Gasteiger partial charge on any atom is -0.396 e. The quantitative estimate of drug-likeness (QED) is 0.797. The average Bonchev–Trinajstić information content (AvgIpc) is 2.55. The lowest BCUT2D eigenvalue weighted by Crippen LogP contribution is -2.53. The molecule has 0 spiro atoms. The molecule has 0 amide bonds. The van der Waals surface area contributed by atoms with Crippen molar-refractivity contribution in [1.82, 2.24) is 4.90 Å². The predicted molar refractivity (Wildman–Crippen MR) is 67.3 cm³/mol. The zero-order valence-electron chi connectivity index (χ0n) is 11.1. The van der Waals surface area contributed by atoms with E-state index in [4.69, 9.17) is 0 Å². The molecule has 0 aromatic heterocycles. The summed E-state index contributed by atoms with van der Waals surface area (Å²) >= 11 is 0. The van der Waals surface area contributed by atoms with Crippen molar-refractivity contribution in [1.29, 1.82) is 0 Å². The lowest BCUT2D eigenvalue weighted by atomic mass is 9.75. The maximum absolute atomic E-state index is 9.30. The van der Waals surface area contributed by atoms with Crippen LogP contribution in [-0.2, 0) is 0 Å². The molecule has 0 radical (unpaired) electrons. The van der Waals surface area contributed by atoms with E-state index in [1.807, 2.05) is 0 Å². The summed E-state index contributed by atoms with van der Waals surface area (Å²) in [6, 6.07) is 0. The van der Waals surface area contributed by atoms with Crippen LogP contribution in [-0.4, -0.2) is 36.2 Å². The molecule has 0 aromatic carbocycles. The molecule has 0 aromatic rings. The Labute approximate surface area is 100 Å². The summed E-state index contributed by atoms with van der Waals surface area (Å²) in [6.45, 7) is 11.2. The number of hydrogen-bond donors (Lipinski definition) is 1. The zero-order valence-corrected chi connectivity index (χ0v) is 11.1. The lowest BCUT2D eigenvalue weighted by molar-refractivity contribution is 0.00667. The van der Waals surface area contributed by atoms with Crippen LogP contribution in [0.5, 0.6) is 0 Å². The molecule has 16 heavy (non-hydrogen) atoms. The van der Waals surface area contributed by atoms with E-state index in [9.17, 15) is 5.11 Å². The van der Waals surface area contributed by atoms with Crippen LogP contribution in [0.4, 0.5) is 0 Å². The van der Waals surface area contributed by atoms with Gasteiger partial charge in [0, 0.05) is 26.2 Å². The molecule has 0 bridgehead atoms. The summed E-state index contributed by atoms with van der Waals surface area (Å²) in [5.74, 6) is 2.24. The van der Waals surface area contributed by atoms with E-state index in [-0.39, 0.29) is 0 Å². The van der Waals surface area contributed by atoms with Crippen LogP contribution in [0.1, 0.15) is 40.0 Å². The highest BCUT2D eigenvalue weighted by atomic mass is 16.3. The first-order valence-electron chi connectivity index (χ1n) is 6.84. The SMILES string of the molecule is CC(C)(C)C1CN(CC2CCCC2CO)C1. The van der Waals surface area contributed by atoms with Crippen molar-refractivity contribution >= 4 is 0 Å². The third-order valence-electron chi connectivity index (χ3n) is 4.73. The van der Waals surface area contributed by atoms with Gasteiger partial charge in [0.1, 0.15) is 0 Å². The van der Waals surface area contributed by atoms with E-state index in [1.54, 1.807) is 0 Å². The molecule has 2 atom stereocenters. The molecule has 2 heteroatoms. The zero-order chi connectivity index (χ0) is 11.8. The van der Waals surface area contributed by atoms with E-state index >= 15 is 0 Å². The molecular weight excluding hydrogens is 198 g/mol. The first-order chi connectivity index (χ1) is 7.50. The van der Waals surface area contributed by atoms with Crippen molar-refractivity contribution in [2.45, 2.75) is 40.0 Å². The van der Waals surface area contributed by atoms with Crippen LogP contribution in [0.3, 0.4) is 0 Å². The minimum absolute atomic E-state index is 0.404. The molecule has 1 saturated carbocycles. The highest BCUT2D eigenvalue weighted by Gasteiger charge is 2.38. The summed E-state index contributed by atoms with van der Waals surface area (Å²) in [5.41, 5.74) is 0.475. The van der Waals surface area contributed by atoms with Gasteiger partial charge in [0.05, 0.1) is 0 Å². The number of nitrogens with zero attached hydrogens (tertiary/aromatic N) is 1. The maximum Gasteiger partial charge on any atom is 0.0462 e. The van der Waals surface area contributed by atoms with Gasteiger partial charge in [-0.25, -0.2) is 0 Å². The molecule has 2 fully saturated rings. The Morgan fingerprint density at radius 1 is 1.12 bits per heavy atom. The van der Waals surface area contributed by atoms with Crippen LogP contribution in [0.25, 0.3) is 0 Å². The highest BCUT2D eigenvalue weighted by Crippen LogP contribution is 2.37. The number of aliphatic hydroxyl groups is 1. The van der Waals surface area contributed by atoms with E-state index in [0.29, 0.717) is 17.9 Å². The largest absolute Gasteiger partial charge is 0.396 e. The molecule has 2 aliphatic rings. The third-order valence-corrected chi connectivity index (χ3v) is 4.73. The fraction of sp³-hybridized carbons (Fsp3) is 1.00. The predicted octanol–water partition coefficient (Wildman–Crippen LogP) is 2.37. The van der Waals surface area contributed by atoms with E-state index < -0.39 is 0 Å². The van der Waals surface area contributed by atoms with Crippen molar-refractivity contribution in [3.05, 3.63) is 0 Å². The van der Waals surface area contributed by atoms with E-state index in [1.165, 1.54) is 38.9 Å². The van der Waals surface area contributed by atoms with Gasteiger partial charge in [-0.15, -0.1) is 0 Å². The Morgan fingerprint density at radius 2 is 1.75 bits per heavy atom. The van der Waals surface area contributed by atoms with Gasteiger partial charge in [0.2, 0.25) is 0 Å².